The van der Waals surface area contributed by atoms with Crippen LogP contribution in [0, 0.1) is 11.6 Å². The molecule has 2 N–H and O–H groups in total. The van der Waals surface area contributed by atoms with Crippen LogP contribution in [0.1, 0.15) is 0 Å². The van der Waals surface area contributed by atoms with E-state index in [4.69, 9.17) is 10.5 Å². The zero-order valence-electron chi connectivity index (χ0n) is 8.95. The molecule has 0 aliphatic heterocycles. The Morgan fingerprint density at radius 3 is 2.76 bits per heavy atom. The summed E-state index contributed by atoms with van der Waals surface area (Å²) in [5, 5.41) is 0. The summed E-state index contributed by atoms with van der Waals surface area (Å²) in [7, 11) is 1.40. The van der Waals surface area contributed by atoms with E-state index in [1.165, 1.54) is 19.2 Å². The van der Waals surface area contributed by atoms with Gasteiger partial charge in [-0.3, -0.25) is 0 Å². The van der Waals surface area contributed by atoms with Gasteiger partial charge in [0.2, 0.25) is 5.95 Å². The van der Waals surface area contributed by atoms with Crippen molar-refractivity contribution < 1.29 is 13.5 Å². The number of methoxy groups -OCH3 is 1. The van der Waals surface area contributed by atoms with Gasteiger partial charge in [0.05, 0.1) is 13.3 Å². The van der Waals surface area contributed by atoms with Crippen molar-refractivity contribution in [1.29, 1.82) is 0 Å². The van der Waals surface area contributed by atoms with Crippen molar-refractivity contribution in [2.24, 2.45) is 0 Å². The third-order valence-electron chi connectivity index (χ3n) is 2.18. The Balaban J connectivity index is 2.66. The molecule has 0 aliphatic rings. The second-order valence-corrected chi connectivity index (χ2v) is 3.27. The van der Waals surface area contributed by atoms with Gasteiger partial charge in [0.15, 0.2) is 5.82 Å². The summed E-state index contributed by atoms with van der Waals surface area (Å²) < 4.78 is 31.7. The normalized spacial score (nSPS) is 10.3. The Hall–Kier alpha value is -2.24. The van der Waals surface area contributed by atoms with Gasteiger partial charge < -0.3 is 10.5 Å². The first-order valence-electron chi connectivity index (χ1n) is 4.73. The molecule has 0 radical (unpaired) electrons. The van der Waals surface area contributed by atoms with Gasteiger partial charge in [-0.05, 0) is 18.2 Å². The zero-order valence-corrected chi connectivity index (χ0v) is 8.95. The molecule has 0 atom stereocenters. The van der Waals surface area contributed by atoms with E-state index in [-0.39, 0.29) is 17.2 Å². The van der Waals surface area contributed by atoms with E-state index in [2.05, 4.69) is 9.97 Å². The highest BCUT2D eigenvalue weighted by atomic mass is 19.1. The molecule has 1 heterocycles. The van der Waals surface area contributed by atoms with E-state index in [1.807, 2.05) is 0 Å². The average molecular weight is 237 g/mol. The number of aromatic nitrogens is 2. The van der Waals surface area contributed by atoms with Crippen molar-refractivity contribution in [3.05, 3.63) is 36.0 Å². The number of nitrogens with two attached hydrogens (primary N) is 1. The molecule has 0 unspecified atom stereocenters. The second-order valence-electron chi connectivity index (χ2n) is 3.27. The topological polar surface area (TPSA) is 61.0 Å². The lowest BCUT2D eigenvalue weighted by Gasteiger charge is -2.08. The number of anilines is 1. The van der Waals surface area contributed by atoms with E-state index < -0.39 is 11.6 Å². The van der Waals surface area contributed by atoms with Gasteiger partial charge in [-0.15, -0.1) is 0 Å². The van der Waals surface area contributed by atoms with Crippen LogP contribution in [-0.4, -0.2) is 17.1 Å². The minimum atomic E-state index is -0.692. The number of halogens is 2. The van der Waals surface area contributed by atoms with Crippen LogP contribution in [0.25, 0.3) is 11.3 Å². The molecule has 88 valence electrons. The van der Waals surface area contributed by atoms with Crippen LogP contribution in [0.5, 0.6) is 5.75 Å². The van der Waals surface area contributed by atoms with Crippen molar-refractivity contribution >= 4 is 5.95 Å². The van der Waals surface area contributed by atoms with Crippen LogP contribution in [0.15, 0.2) is 24.4 Å². The first-order chi connectivity index (χ1) is 8.11. The minimum Gasteiger partial charge on any atom is -0.496 e. The lowest BCUT2D eigenvalue weighted by Crippen LogP contribution is -2.00. The first kappa shape index (κ1) is 11.3. The second kappa shape index (κ2) is 4.32. The van der Waals surface area contributed by atoms with E-state index >= 15 is 0 Å². The fourth-order valence-corrected chi connectivity index (χ4v) is 1.43. The van der Waals surface area contributed by atoms with Crippen molar-refractivity contribution in [1.82, 2.24) is 9.97 Å². The van der Waals surface area contributed by atoms with Crippen LogP contribution in [0.2, 0.25) is 0 Å². The van der Waals surface area contributed by atoms with Crippen molar-refractivity contribution in [3.63, 3.8) is 0 Å². The molecule has 0 fully saturated rings. The van der Waals surface area contributed by atoms with Gasteiger partial charge in [-0.1, -0.05) is 0 Å². The third-order valence-corrected chi connectivity index (χ3v) is 2.18. The van der Waals surface area contributed by atoms with Gasteiger partial charge >= 0.3 is 0 Å². The van der Waals surface area contributed by atoms with Crippen molar-refractivity contribution in [2.45, 2.75) is 0 Å². The molecule has 0 aliphatic carbocycles. The number of hydrogen-bond donors (Lipinski definition) is 1. The zero-order chi connectivity index (χ0) is 12.4. The summed E-state index contributed by atoms with van der Waals surface area (Å²) in [6, 6.07) is 3.73. The molecule has 2 aromatic rings. The Bertz CT molecular complexity index is 560. The summed E-state index contributed by atoms with van der Waals surface area (Å²) in [6.45, 7) is 0. The molecule has 17 heavy (non-hydrogen) atoms. The largest absolute Gasteiger partial charge is 0.496 e. The molecule has 1 aromatic carbocycles. The van der Waals surface area contributed by atoms with Crippen molar-refractivity contribution in [3.8, 4) is 17.0 Å². The van der Waals surface area contributed by atoms with E-state index in [0.29, 0.717) is 5.75 Å². The summed E-state index contributed by atoms with van der Waals surface area (Å²) in [5.41, 5.74) is 5.48. The van der Waals surface area contributed by atoms with Gasteiger partial charge in [0.1, 0.15) is 17.3 Å². The van der Waals surface area contributed by atoms with E-state index in [9.17, 15) is 8.78 Å². The fraction of sp³-hybridized carbons (Fsp3) is 0.0909. The molecule has 0 bridgehead atoms. The predicted octanol–water partition coefficient (Wildman–Crippen LogP) is 2.01. The van der Waals surface area contributed by atoms with E-state index in [0.717, 1.165) is 12.3 Å². The summed E-state index contributed by atoms with van der Waals surface area (Å²) in [6.07, 6.45) is 0.933. The lowest BCUT2D eigenvalue weighted by atomic mass is 10.1. The number of ether oxygens (including phenoxy) is 1. The molecule has 0 spiro atoms. The Morgan fingerprint density at radius 2 is 2.06 bits per heavy atom. The number of hydrogen-bond acceptors (Lipinski definition) is 4. The highest BCUT2D eigenvalue weighted by molar-refractivity contribution is 5.68. The van der Waals surface area contributed by atoms with Gasteiger partial charge in [-0.25, -0.2) is 18.7 Å². The molecular formula is C11H9F2N3O. The first-order valence-corrected chi connectivity index (χ1v) is 4.73. The molecule has 6 heteroatoms. The van der Waals surface area contributed by atoms with Crippen LogP contribution in [0.4, 0.5) is 14.7 Å². The van der Waals surface area contributed by atoms with E-state index in [1.54, 1.807) is 0 Å². The minimum absolute atomic E-state index is 0.0890. The molecule has 0 saturated carbocycles. The molecule has 4 nitrogen and oxygen atoms in total. The van der Waals surface area contributed by atoms with Gasteiger partial charge in [0, 0.05) is 5.56 Å². The molecular weight excluding hydrogens is 228 g/mol. The highest BCUT2D eigenvalue weighted by Gasteiger charge is 2.14. The smallest absolute Gasteiger partial charge is 0.220 e. The van der Waals surface area contributed by atoms with Crippen LogP contribution in [-0.2, 0) is 0 Å². The van der Waals surface area contributed by atoms with Crippen LogP contribution in [0.3, 0.4) is 0 Å². The summed E-state index contributed by atoms with van der Waals surface area (Å²) in [4.78, 5) is 7.24. The Kier molecular flexibility index (Phi) is 2.86. The number of nitrogens with zero attached hydrogens (tertiary/aromatic N) is 2. The maximum absolute atomic E-state index is 13.5. The molecule has 0 saturated heterocycles. The maximum atomic E-state index is 13.5. The van der Waals surface area contributed by atoms with Gasteiger partial charge in [-0.2, -0.15) is 0 Å². The lowest BCUT2D eigenvalue weighted by molar-refractivity contribution is 0.415. The number of nitrogen functional groups attached to an aromatic ring is 1. The summed E-state index contributed by atoms with van der Waals surface area (Å²) >= 11 is 0. The quantitative estimate of drug-likeness (QED) is 0.867. The van der Waals surface area contributed by atoms with Crippen molar-refractivity contribution in [2.75, 3.05) is 12.8 Å². The third kappa shape index (κ3) is 2.15. The highest BCUT2D eigenvalue weighted by Crippen LogP contribution is 2.30. The predicted molar refractivity (Wildman–Crippen MR) is 58.3 cm³/mol. The standard InChI is InChI=1S/C11H9F2N3O/c1-17-9-3-2-6(12)4-7(9)10-8(13)5-15-11(14)16-10/h2-5H,1H3,(H2,14,15,16). The Morgan fingerprint density at radius 1 is 1.29 bits per heavy atom. The summed E-state index contributed by atoms with van der Waals surface area (Å²) in [5.74, 6) is -0.989. The van der Waals surface area contributed by atoms with Crippen LogP contribution < -0.4 is 10.5 Å². The fourth-order valence-electron chi connectivity index (χ4n) is 1.43. The average Bonchev–Trinajstić information content (AvgIpc) is 2.32. The molecule has 2 rings (SSSR count). The number of rotatable bonds is 2. The molecule has 1 aromatic heterocycles. The monoisotopic (exact) mass is 237 g/mol. The maximum Gasteiger partial charge on any atom is 0.220 e. The van der Waals surface area contributed by atoms with Gasteiger partial charge in [0.25, 0.3) is 0 Å². The SMILES string of the molecule is COc1ccc(F)cc1-c1nc(N)ncc1F. The van der Waals surface area contributed by atoms with Crippen LogP contribution >= 0.6 is 0 Å². The Labute approximate surface area is 96.1 Å². The number of benzene rings is 1. The molecule has 0 amide bonds.